The van der Waals surface area contributed by atoms with Gasteiger partial charge >= 0.3 is 0 Å². The second kappa shape index (κ2) is 8.39. The molecule has 1 fully saturated rings. The molecule has 1 N–H and O–H groups in total. The van der Waals surface area contributed by atoms with Crippen molar-refractivity contribution in [1.82, 2.24) is 9.97 Å². The summed E-state index contributed by atoms with van der Waals surface area (Å²) in [6, 6.07) is 16.6. The van der Waals surface area contributed by atoms with Crippen LogP contribution in [-0.4, -0.2) is 43.3 Å². The fourth-order valence-corrected chi connectivity index (χ4v) is 3.65. The number of aryl methyl sites for hydroxylation is 2. The number of benzene rings is 2. The number of ether oxygens (including phenoxy) is 1. The summed E-state index contributed by atoms with van der Waals surface area (Å²) in [5.41, 5.74) is 4.70. The van der Waals surface area contributed by atoms with Crippen molar-refractivity contribution < 1.29 is 4.74 Å². The van der Waals surface area contributed by atoms with Gasteiger partial charge in [-0.05, 0) is 55.8 Å². The Morgan fingerprint density at radius 2 is 1.62 bits per heavy atom. The number of aromatic nitrogens is 2. The van der Waals surface area contributed by atoms with E-state index in [9.17, 15) is 0 Å². The van der Waals surface area contributed by atoms with E-state index in [2.05, 4.69) is 64.3 Å². The monoisotopic (exact) mass is 389 g/mol. The average Bonchev–Trinajstić information content (AvgIpc) is 2.76. The molecule has 0 unspecified atom stereocenters. The van der Waals surface area contributed by atoms with Crippen molar-refractivity contribution in [2.24, 2.45) is 0 Å². The molecule has 29 heavy (non-hydrogen) atoms. The molecule has 6 heteroatoms. The quantitative estimate of drug-likeness (QED) is 0.707. The lowest BCUT2D eigenvalue weighted by molar-refractivity contribution is 0.415. The Morgan fingerprint density at radius 1 is 0.897 bits per heavy atom. The molecular formula is C23H27N5O. The lowest BCUT2D eigenvalue weighted by atomic mass is 10.1. The first kappa shape index (κ1) is 19.1. The van der Waals surface area contributed by atoms with Crippen LogP contribution >= 0.6 is 0 Å². The van der Waals surface area contributed by atoms with Crippen LogP contribution in [0.15, 0.2) is 54.7 Å². The maximum absolute atomic E-state index is 5.25. The summed E-state index contributed by atoms with van der Waals surface area (Å²) in [6.07, 6.45) is 1.82. The molecule has 0 radical (unpaired) electrons. The van der Waals surface area contributed by atoms with Crippen molar-refractivity contribution in [2.75, 3.05) is 48.4 Å². The first-order valence-corrected chi connectivity index (χ1v) is 9.93. The van der Waals surface area contributed by atoms with E-state index in [4.69, 9.17) is 9.72 Å². The number of hydrogen-bond acceptors (Lipinski definition) is 6. The van der Waals surface area contributed by atoms with Gasteiger partial charge in [0.2, 0.25) is 5.95 Å². The third-order valence-electron chi connectivity index (χ3n) is 5.31. The van der Waals surface area contributed by atoms with Gasteiger partial charge in [-0.1, -0.05) is 17.7 Å². The van der Waals surface area contributed by atoms with Gasteiger partial charge in [-0.15, -0.1) is 0 Å². The summed E-state index contributed by atoms with van der Waals surface area (Å²) in [5.74, 6) is 2.48. The fraction of sp³-hybridized carbons (Fsp3) is 0.304. The first-order chi connectivity index (χ1) is 14.1. The number of methoxy groups -OCH3 is 1. The van der Waals surface area contributed by atoms with Crippen LogP contribution in [0.1, 0.15) is 11.1 Å². The summed E-state index contributed by atoms with van der Waals surface area (Å²) < 4.78 is 5.25. The van der Waals surface area contributed by atoms with Crippen LogP contribution in [0.4, 0.5) is 23.1 Å². The molecule has 150 valence electrons. The Kier molecular flexibility index (Phi) is 5.51. The Hall–Kier alpha value is -3.28. The van der Waals surface area contributed by atoms with Crippen LogP contribution in [0.2, 0.25) is 0 Å². The largest absolute Gasteiger partial charge is 0.497 e. The van der Waals surface area contributed by atoms with Gasteiger partial charge in [-0.3, -0.25) is 0 Å². The van der Waals surface area contributed by atoms with Gasteiger partial charge in [0, 0.05) is 43.8 Å². The molecule has 1 aliphatic rings. The SMILES string of the molecule is COc1ccc(N2CCN(c3ccnc(Nc4ccc(C)cc4C)n3)CC2)cc1. The van der Waals surface area contributed by atoms with Gasteiger partial charge in [0.1, 0.15) is 11.6 Å². The molecule has 1 aliphatic heterocycles. The van der Waals surface area contributed by atoms with E-state index >= 15 is 0 Å². The van der Waals surface area contributed by atoms with Crippen molar-refractivity contribution >= 4 is 23.1 Å². The molecule has 1 saturated heterocycles. The zero-order valence-corrected chi connectivity index (χ0v) is 17.2. The highest BCUT2D eigenvalue weighted by Gasteiger charge is 2.19. The Bertz CT molecular complexity index is 965. The lowest BCUT2D eigenvalue weighted by Gasteiger charge is -2.36. The van der Waals surface area contributed by atoms with E-state index in [0.29, 0.717) is 5.95 Å². The van der Waals surface area contributed by atoms with E-state index in [0.717, 1.165) is 43.4 Å². The molecule has 1 aromatic heterocycles. The van der Waals surface area contributed by atoms with Crippen molar-refractivity contribution in [2.45, 2.75) is 13.8 Å². The number of rotatable bonds is 5. The molecule has 0 amide bonds. The van der Waals surface area contributed by atoms with Gasteiger partial charge < -0.3 is 19.9 Å². The number of nitrogens with one attached hydrogen (secondary N) is 1. The number of nitrogens with zero attached hydrogens (tertiary/aromatic N) is 4. The van der Waals surface area contributed by atoms with Gasteiger partial charge in [0.15, 0.2) is 0 Å². The first-order valence-electron chi connectivity index (χ1n) is 9.93. The van der Waals surface area contributed by atoms with Crippen LogP contribution < -0.4 is 19.9 Å². The van der Waals surface area contributed by atoms with Crippen LogP contribution in [0.3, 0.4) is 0 Å². The maximum Gasteiger partial charge on any atom is 0.229 e. The smallest absolute Gasteiger partial charge is 0.229 e. The van der Waals surface area contributed by atoms with E-state index in [1.165, 1.54) is 16.8 Å². The predicted octanol–water partition coefficient (Wildman–Crippen LogP) is 4.17. The minimum atomic E-state index is 0.632. The van der Waals surface area contributed by atoms with Crippen molar-refractivity contribution in [3.63, 3.8) is 0 Å². The fourth-order valence-electron chi connectivity index (χ4n) is 3.65. The van der Waals surface area contributed by atoms with Crippen LogP contribution in [0.5, 0.6) is 5.75 Å². The van der Waals surface area contributed by atoms with Gasteiger partial charge in [0.25, 0.3) is 0 Å². The summed E-state index contributed by atoms with van der Waals surface area (Å²) >= 11 is 0. The Morgan fingerprint density at radius 3 is 2.31 bits per heavy atom. The second-order valence-corrected chi connectivity index (χ2v) is 7.35. The third-order valence-corrected chi connectivity index (χ3v) is 5.31. The average molecular weight is 390 g/mol. The van der Waals surface area contributed by atoms with E-state index in [1.54, 1.807) is 7.11 Å². The summed E-state index contributed by atoms with van der Waals surface area (Å²) in [4.78, 5) is 13.9. The molecule has 6 nitrogen and oxygen atoms in total. The Balaban J connectivity index is 1.41. The zero-order valence-electron chi connectivity index (χ0n) is 17.2. The molecule has 3 aromatic rings. The molecule has 2 heterocycles. The molecule has 0 atom stereocenters. The normalized spacial score (nSPS) is 14.0. The standard InChI is InChI=1S/C23H27N5O/c1-17-4-9-21(18(2)16-17)25-23-24-11-10-22(26-23)28-14-12-27(13-15-28)19-5-7-20(29-3)8-6-19/h4-11,16H,12-15H2,1-3H3,(H,24,25,26). The molecule has 0 aliphatic carbocycles. The number of hydrogen-bond donors (Lipinski definition) is 1. The highest BCUT2D eigenvalue weighted by molar-refractivity contribution is 5.60. The molecule has 0 saturated carbocycles. The molecular weight excluding hydrogens is 362 g/mol. The number of anilines is 4. The zero-order chi connectivity index (χ0) is 20.2. The summed E-state index contributed by atoms with van der Waals surface area (Å²) in [6.45, 7) is 7.95. The van der Waals surface area contributed by atoms with Crippen LogP contribution in [-0.2, 0) is 0 Å². The lowest BCUT2D eigenvalue weighted by Crippen LogP contribution is -2.46. The molecule has 2 aromatic carbocycles. The highest BCUT2D eigenvalue weighted by atomic mass is 16.5. The van der Waals surface area contributed by atoms with Crippen molar-refractivity contribution in [3.05, 3.63) is 65.9 Å². The predicted molar refractivity (Wildman–Crippen MR) is 119 cm³/mol. The molecule has 0 spiro atoms. The molecule has 0 bridgehead atoms. The van der Waals surface area contributed by atoms with Crippen molar-refractivity contribution in [1.29, 1.82) is 0 Å². The topological polar surface area (TPSA) is 53.5 Å². The second-order valence-electron chi connectivity index (χ2n) is 7.35. The molecule has 4 rings (SSSR count). The van der Waals surface area contributed by atoms with Gasteiger partial charge in [0.05, 0.1) is 7.11 Å². The minimum Gasteiger partial charge on any atom is -0.497 e. The van der Waals surface area contributed by atoms with E-state index in [-0.39, 0.29) is 0 Å². The highest BCUT2D eigenvalue weighted by Crippen LogP contribution is 2.24. The van der Waals surface area contributed by atoms with Crippen LogP contribution in [0, 0.1) is 13.8 Å². The summed E-state index contributed by atoms with van der Waals surface area (Å²) in [5, 5.41) is 3.35. The summed E-state index contributed by atoms with van der Waals surface area (Å²) in [7, 11) is 1.69. The van der Waals surface area contributed by atoms with Gasteiger partial charge in [-0.25, -0.2) is 4.98 Å². The Labute approximate surface area is 172 Å². The van der Waals surface area contributed by atoms with Crippen molar-refractivity contribution in [3.8, 4) is 5.75 Å². The third kappa shape index (κ3) is 4.42. The minimum absolute atomic E-state index is 0.632. The number of piperazine rings is 1. The van der Waals surface area contributed by atoms with Gasteiger partial charge in [-0.2, -0.15) is 4.98 Å². The van der Waals surface area contributed by atoms with Crippen LogP contribution in [0.25, 0.3) is 0 Å². The van der Waals surface area contributed by atoms with E-state index in [1.807, 2.05) is 24.4 Å². The van der Waals surface area contributed by atoms with E-state index < -0.39 is 0 Å². The maximum atomic E-state index is 5.25.